The van der Waals surface area contributed by atoms with Crippen LogP contribution in [0.25, 0.3) is 0 Å². The average Bonchev–Trinajstić information content (AvgIpc) is 2.50. The highest BCUT2D eigenvalue weighted by atomic mass is 16.5. The number of hydrogen-bond acceptors (Lipinski definition) is 5. The van der Waals surface area contributed by atoms with Crippen LogP contribution < -0.4 is 14.9 Å². The number of phenols is 1. The summed E-state index contributed by atoms with van der Waals surface area (Å²) >= 11 is 0. The van der Waals surface area contributed by atoms with Gasteiger partial charge in [-0.2, -0.15) is 5.10 Å². The van der Waals surface area contributed by atoms with Gasteiger partial charge in [0.05, 0.1) is 26.1 Å². The minimum atomic E-state index is -0.0241. The van der Waals surface area contributed by atoms with Gasteiger partial charge in [-0.1, -0.05) is 18.2 Å². The zero-order chi connectivity index (χ0) is 15.2. The number of aryl methyl sites for hydroxylation is 1. The lowest BCUT2D eigenvalue weighted by Gasteiger charge is -2.09. The summed E-state index contributed by atoms with van der Waals surface area (Å²) in [5.41, 5.74) is 5.77. The summed E-state index contributed by atoms with van der Waals surface area (Å²) in [6.45, 7) is 2.00. The topological polar surface area (TPSA) is 63.1 Å². The third-order valence-electron chi connectivity index (χ3n) is 3.05. The molecule has 0 spiro atoms. The van der Waals surface area contributed by atoms with Crippen molar-refractivity contribution in [2.45, 2.75) is 6.92 Å². The predicted octanol–water partition coefficient (Wildman–Crippen LogP) is 3.16. The molecule has 2 N–H and O–H groups in total. The molecule has 0 unspecified atom stereocenters. The number of hydrogen-bond donors (Lipinski definition) is 2. The van der Waals surface area contributed by atoms with Crippen molar-refractivity contribution < 1.29 is 14.6 Å². The fourth-order valence-corrected chi connectivity index (χ4v) is 1.86. The summed E-state index contributed by atoms with van der Waals surface area (Å²) < 4.78 is 10.2. The van der Waals surface area contributed by atoms with Gasteiger partial charge in [0.2, 0.25) is 5.75 Å². The molecule has 0 aromatic heterocycles. The summed E-state index contributed by atoms with van der Waals surface area (Å²) in [5, 5.41) is 14.0. The monoisotopic (exact) mass is 286 g/mol. The smallest absolute Gasteiger partial charge is 0.200 e. The number of aromatic hydroxyl groups is 1. The second-order valence-corrected chi connectivity index (χ2v) is 4.46. The van der Waals surface area contributed by atoms with Crippen molar-refractivity contribution in [3.63, 3.8) is 0 Å². The Morgan fingerprint density at radius 2 is 1.71 bits per heavy atom. The lowest BCUT2D eigenvalue weighted by Crippen LogP contribution is -1.95. The molecule has 0 amide bonds. The number of phenolic OH excluding ortho intramolecular Hbond substituents is 1. The lowest BCUT2D eigenvalue weighted by molar-refractivity contribution is 0.340. The number of rotatable bonds is 5. The van der Waals surface area contributed by atoms with E-state index in [1.165, 1.54) is 14.2 Å². The second-order valence-electron chi connectivity index (χ2n) is 4.46. The van der Waals surface area contributed by atoms with Crippen molar-refractivity contribution in [2.75, 3.05) is 19.6 Å². The van der Waals surface area contributed by atoms with Crippen LogP contribution in [0.15, 0.2) is 41.5 Å². The molecule has 2 aromatic carbocycles. The van der Waals surface area contributed by atoms with Crippen LogP contribution in [0.3, 0.4) is 0 Å². The van der Waals surface area contributed by atoms with E-state index in [-0.39, 0.29) is 5.75 Å². The standard InChI is InChI=1S/C16H18N2O3/c1-11-6-4-5-7-13(11)18-17-10-12-8-14(20-2)16(19)15(9-12)21-3/h4-10,18-19H,1-3H3. The highest BCUT2D eigenvalue weighted by molar-refractivity contribution is 5.83. The predicted molar refractivity (Wildman–Crippen MR) is 83.6 cm³/mol. The van der Waals surface area contributed by atoms with Crippen LogP contribution in [0.2, 0.25) is 0 Å². The Balaban J connectivity index is 2.19. The van der Waals surface area contributed by atoms with Crippen molar-refractivity contribution in [3.8, 4) is 17.2 Å². The van der Waals surface area contributed by atoms with Gasteiger partial charge in [0.1, 0.15) is 0 Å². The molecular formula is C16H18N2O3. The number of nitrogens with one attached hydrogen (secondary N) is 1. The van der Waals surface area contributed by atoms with E-state index in [0.29, 0.717) is 11.5 Å². The number of ether oxygens (including phenoxy) is 2. The van der Waals surface area contributed by atoms with Gasteiger partial charge >= 0.3 is 0 Å². The number of hydrazone groups is 1. The normalized spacial score (nSPS) is 10.6. The van der Waals surface area contributed by atoms with Crippen LogP contribution in [-0.4, -0.2) is 25.5 Å². The molecule has 0 atom stereocenters. The van der Waals surface area contributed by atoms with Crippen LogP contribution in [-0.2, 0) is 0 Å². The molecule has 110 valence electrons. The molecule has 2 rings (SSSR count). The molecule has 0 saturated heterocycles. The zero-order valence-corrected chi connectivity index (χ0v) is 12.3. The second kappa shape index (κ2) is 6.65. The molecule has 0 aliphatic carbocycles. The zero-order valence-electron chi connectivity index (χ0n) is 12.3. The van der Waals surface area contributed by atoms with Crippen molar-refractivity contribution in [3.05, 3.63) is 47.5 Å². The number of nitrogens with zero attached hydrogens (tertiary/aromatic N) is 1. The third kappa shape index (κ3) is 3.45. The number of anilines is 1. The van der Waals surface area contributed by atoms with Gasteiger partial charge in [-0.3, -0.25) is 5.43 Å². The summed E-state index contributed by atoms with van der Waals surface area (Å²) in [5.74, 6) is 0.655. The molecule has 5 heteroatoms. The quantitative estimate of drug-likeness (QED) is 0.654. The van der Waals surface area contributed by atoms with Crippen LogP contribution in [0, 0.1) is 6.92 Å². The number of benzene rings is 2. The van der Waals surface area contributed by atoms with Crippen LogP contribution in [0.5, 0.6) is 17.2 Å². The van der Waals surface area contributed by atoms with Crippen molar-refractivity contribution in [1.82, 2.24) is 0 Å². The van der Waals surface area contributed by atoms with Crippen molar-refractivity contribution in [1.29, 1.82) is 0 Å². The van der Waals surface area contributed by atoms with Crippen LogP contribution in [0.1, 0.15) is 11.1 Å². The van der Waals surface area contributed by atoms with Gasteiger partial charge in [0, 0.05) is 5.56 Å². The molecule has 5 nitrogen and oxygen atoms in total. The Morgan fingerprint density at radius 1 is 1.10 bits per heavy atom. The fraction of sp³-hybridized carbons (Fsp3) is 0.188. The van der Waals surface area contributed by atoms with E-state index in [2.05, 4.69) is 10.5 Å². The lowest BCUT2D eigenvalue weighted by atomic mass is 10.2. The minimum Gasteiger partial charge on any atom is -0.502 e. The molecule has 0 saturated carbocycles. The van der Waals surface area contributed by atoms with Crippen LogP contribution >= 0.6 is 0 Å². The molecule has 0 bridgehead atoms. The molecule has 0 heterocycles. The Morgan fingerprint density at radius 3 is 2.29 bits per heavy atom. The van der Waals surface area contributed by atoms with Crippen molar-refractivity contribution in [2.24, 2.45) is 5.10 Å². The Hall–Kier alpha value is -2.69. The Labute approximate surface area is 123 Å². The molecule has 21 heavy (non-hydrogen) atoms. The molecule has 0 aliphatic rings. The van der Waals surface area contributed by atoms with Crippen LogP contribution in [0.4, 0.5) is 5.69 Å². The highest BCUT2D eigenvalue weighted by Gasteiger charge is 2.10. The van der Waals surface area contributed by atoms with E-state index in [9.17, 15) is 5.11 Å². The van der Waals surface area contributed by atoms with Gasteiger partial charge in [-0.25, -0.2) is 0 Å². The average molecular weight is 286 g/mol. The Bertz CT molecular complexity index is 629. The maximum atomic E-state index is 9.84. The summed E-state index contributed by atoms with van der Waals surface area (Å²) in [7, 11) is 2.97. The SMILES string of the molecule is COc1cc(C=NNc2ccccc2C)cc(OC)c1O. The van der Waals surface area contributed by atoms with E-state index in [1.54, 1.807) is 18.3 Å². The largest absolute Gasteiger partial charge is 0.502 e. The maximum absolute atomic E-state index is 9.84. The van der Waals surface area contributed by atoms with Gasteiger partial charge in [-0.15, -0.1) is 0 Å². The minimum absolute atomic E-state index is 0.0241. The van der Waals surface area contributed by atoms with E-state index < -0.39 is 0 Å². The first-order valence-electron chi connectivity index (χ1n) is 6.45. The van der Waals surface area contributed by atoms with Crippen molar-refractivity contribution >= 4 is 11.9 Å². The first kappa shape index (κ1) is 14.7. The fourth-order valence-electron chi connectivity index (χ4n) is 1.86. The highest BCUT2D eigenvalue weighted by Crippen LogP contribution is 2.36. The molecular weight excluding hydrogens is 268 g/mol. The summed E-state index contributed by atoms with van der Waals surface area (Å²) in [6, 6.07) is 11.2. The summed E-state index contributed by atoms with van der Waals surface area (Å²) in [4.78, 5) is 0. The molecule has 0 fully saturated rings. The first-order valence-corrected chi connectivity index (χ1v) is 6.45. The van der Waals surface area contributed by atoms with E-state index in [0.717, 1.165) is 16.8 Å². The first-order chi connectivity index (χ1) is 10.2. The maximum Gasteiger partial charge on any atom is 0.200 e. The van der Waals surface area contributed by atoms with E-state index in [1.807, 2.05) is 31.2 Å². The number of methoxy groups -OCH3 is 2. The van der Waals surface area contributed by atoms with E-state index >= 15 is 0 Å². The summed E-state index contributed by atoms with van der Waals surface area (Å²) in [6.07, 6.45) is 1.64. The molecule has 0 aliphatic heterocycles. The third-order valence-corrected chi connectivity index (χ3v) is 3.05. The van der Waals surface area contributed by atoms with Gasteiger partial charge in [0.15, 0.2) is 11.5 Å². The van der Waals surface area contributed by atoms with E-state index in [4.69, 9.17) is 9.47 Å². The molecule has 2 aromatic rings. The Kier molecular flexibility index (Phi) is 4.66. The van der Waals surface area contributed by atoms with Gasteiger partial charge < -0.3 is 14.6 Å². The van der Waals surface area contributed by atoms with Gasteiger partial charge in [-0.05, 0) is 30.7 Å². The molecule has 0 radical (unpaired) electrons. The van der Waals surface area contributed by atoms with Gasteiger partial charge in [0.25, 0.3) is 0 Å². The number of para-hydroxylation sites is 1.